The predicted molar refractivity (Wildman–Crippen MR) is 120 cm³/mol. The van der Waals surface area contributed by atoms with Gasteiger partial charge in [-0.1, -0.05) is 18.2 Å². The molecule has 152 valence electrons. The maximum absolute atomic E-state index is 12.4. The highest BCUT2D eigenvalue weighted by Gasteiger charge is 2.13. The molecule has 0 aliphatic heterocycles. The summed E-state index contributed by atoms with van der Waals surface area (Å²) in [6.45, 7) is 2.53. The van der Waals surface area contributed by atoms with Crippen molar-refractivity contribution in [3.8, 4) is 11.4 Å². The van der Waals surface area contributed by atoms with Gasteiger partial charge in [-0.3, -0.25) is 9.59 Å². The third-order valence-corrected chi connectivity index (χ3v) is 5.61. The highest BCUT2D eigenvalue weighted by Crippen LogP contribution is 2.26. The van der Waals surface area contributed by atoms with E-state index < -0.39 is 5.91 Å². The topological polar surface area (TPSA) is 114 Å². The Bertz CT molecular complexity index is 1280. The average molecular weight is 420 g/mol. The van der Waals surface area contributed by atoms with Crippen LogP contribution in [-0.4, -0.2) is 27.4 Å². The molecule has 0 radical (unpaired) electrons. The molecule has 0 bridgehead atoms. The second-order valence-corrected chi connectivity index (χ2v) is 7.99. The molecule has 7 nitrogen and oxygen atoms in total. The number of aromatic amines is 1. The monoisotopic (exact) mass is 419 g/mol. The van der Waals surface area contributed by atoms with Gasteiger partial charge in [-0.05, 0) is 48.9 Å². The lowest BCUT2D eigenvalue weighted by Gasteiger charge is -2.11. The first-order valence-corrected chi connectivity index (χ1v) is 10.5. The molecule has 0 aliphatic rings. The highest BCUT2D eigenvalue weighted by atomic mass is 32.1. The van der Waals surface area contributed by atoms with Gasteiger partial charge >= 0.3 is 0 Å². The maximum Gasteiger partial charge on any atom is 0.259 e. The Hall–Kier alpha value is -3.52. The molecule has 0 saturated heterocycles. The Labute approximate surface area is 177 Å². The summed E-state index contributed by atoms with van der Waals surface area (Å²) in [5.41, 5.74) is 8.23. The zero-order valence-corrected chi connectivity index (χ0v) is 17.3. The lowest BCUT2D eigenvalue weighted by molar-refractivity contribution is 0.0999. The fourth-order valence-electron chi connectivity index (χ4n) is 3.42. The van der Waals surface area contributed by atoms with E-state index in [1.165, 1.54) is 0 Å². The van der Waals surface area contributed by atoms with Gasteiger partial charge in [-0.25, -0.2) is 9.97 Å². The minimum atomic E-state index is -0.427. The van der Waals surface area contributed by atoms with E-state index in [0.717, 1.165) is 33.8 Å². The molecule has 30 heavy (non-hydrogen) atoms. The van der Waals surface area contributed by atoms with Crippen LogP contribution in [0.15, 0.2) is 52.8 Å². The molecule has 0 saturated carbocycles. The molecule has 1 aromatic carbocycles. The number of benzene rings is 1. The first kappa shape index (κ1) is 19.8. The van der Waals surface area contributed by atoms with Crippen molar-refractivity contribution in [2.75, 3.05) is 11.9 Å². The number of aromatic nitrogens is 3. The minimum absolute atomic E-state index is 0.192. The van der Waals surface area contributed by atoms with Gasteiger partial charge in [0, 0.05) is 23.7 Å². The number of amides is 1. The Morgan fingerprint density at radius 1 is 1.20 bits per heavy atom. The minimum Gasteiger partial charge on any atom is -0.369 e. The summed E-state index contributed by atoms with van der Waals surface area (Å²) in [5, 5.41) is 7.53. The third-order valence-electron chi connectivity index (χ3n) is 4.83. The number of rotatable bonds is 7. The van der Waals surface area contributed by atoms with Gasteiger partial charge in [-0.15, -0.1) is 11.3 Å². The molecule has 3 heterocycles. The lowest BCUT2D eigenvalue weighted by Crippen LogP contribution is -2.15. The van der Waals surface area contributed by atoms with Crippen LogP contribution in [0, 0.1) is 6.92 Å². The summed E-state index contributed by atoms with van der Waals surface area (Å²) >= 11 is 1.56. The summed E-state index contributed by atoms with van der Waals surface area (Å²) in [7, 11) is 0. The van der Waals surface area contributed by atoms with Crippen LogP contribution in [0.2, 0.25) is 0 Å². The second-order valence-electron chi connectivity index (χ2n) is 6.93. The third kappa shape index (κ3) is 4.08. The maximum atomic E-state index is 12.4. The molecule has 0 atom stereocenters. The van der Waals surface area contributed by atoms with E-state index in [4.69, 9.17) is 5.73 Å². The number of primary amides is 1. The van der Waals surface area contributed by atoms with Gasteiger partial charge in [-0.2, -0.15) is 0 Å². The lowest BCUT2D eigenvalue weighted by atomic mass is 10.0. The van der Waals surface area contributed by atoms with Crippen LogP contribution in [0.1, 0.15) is 27.3 Å². The molecule has 4 N–H and O–H groups in total. The number of carbonyl (C=O) groups is 1. The Kier molecular flexibility index (Phi) is 5.58. The molecular weight excluding hydrogens is 398 g/mol. The Morgan fingerprint density at radius 3 is 2.80 bits per heavy atom. The fraction of sp³-hybridized carbons (Fsp3) is 0.182. The summed E-state index contributed by atoms with van der Waals surface area (Å²) in [4.78, 5) is 35.9. The van der Waals surface area contributed by atoms with Crippen molar-refractivity contribution in [2.24, 2.45) is 5.73 Å². The number of hydrogen-bond donors (Lipinski definition) is 3. The van der Waals surface area contributed by atoms with Crippen LogP contribution in [-0.2, 0) is 6.42 Å². The SMILES string of the molecule is Cc1nc(-c2cc3cc[nH]c(=O)c3c(NCCCc3ccccc3C(N)=O)n2)cs1. The zero-order chi connectivity index (χ0) is 21.1. The molecule has 8 heteroatoms. The molecule has 0 spiro atoms. The number of H-pyrrole nitrogens is 1. The zero-order valence-electron chi connectivity index (χ0n) is 16.4. The predicted octanol–water partition coefficient (Wildman–Crippen LogP) is 3.50. The molecule has 0 aliphatic carbocycles. The number of nitrogens with one attached hydrogen (secondary N) is 2. The van der Waals surface area contributed by atoms with Crippen molar-refractivity contribution in [3.05, 3.63) is 74.5 Å². The number of pyridine rings is 2. The van der Waals surface area contributed by atoms with Gasteiger partial charge in [0.1, 0.15) is 5.82 Å². The summed E-state index contributed by atoms with van der Waals surface area (Å²) in [6, 6.07) is 11.1. The molecule has 4 aromatic rings. The normalized spacial score (nSPS) is 11.0. The van der Waals surface area contributed by atoms with Gasteiger partial charge < -0.3 is 16.0 Å². The van der Waals surface area contributed by atoms with Crippen molar-refractivity contribution in [1.82, 2.24) is 15.0 Å². The Balaban J connectivity index is 1.58. The quantitative estimate of drug-likeness (QED) is 0.397. The van der Waals surface area contributed by atoms with Crippen molar-refractivity contribution >= 4 is 33.8 Å². The van der Waals surface area contributed by atoms with E-state index in [2.05, 4.69) is 20.3 Å². The first-order valence-electron chi connectivity index (χ1n) is 9.59. The smallest absolute Gasteiger partial charge is 0.259 e. The molecular formula is C22H21N5O2S. The van der Waals surface area contributed by atoms with Crippen molar-refractivity contribution in [3.63, 3.8) is 0 Å². The van der Waals surface area contributed by atoms with Crippen LogP contribution in [0.3, 0.4) is 0 Å². The average Bonchev–Trinajstić information content (AvgIpc) is 3.17. The largest absolute Gasteiger partial charge is 0.369 e. The second kappa shape index (κ2) is 8.46. The number of aryl methyl sites for hydroxylation is 2. The van der Waals surface area contributed by atoms with Crippen LogP contribution < -0.4 is 16.6 Å². The van der Waals surface area contributed by atoms with E-state index >= 15 is 0 Å². The molecule has 3 aromatic heterocycles. The van der Waals surface area contributed by atoms with E-state index in [9.17, 15) is 9.59 Å². The van der Waals surface area contributed by atoms with E-state index in [1.54, 1.807) is 29.7 Å². The fourth-order valence-corrected chi connectivity index (χ4v) is 4.03. The highest BCUT2D eigenvalue weighted by molar-refractivity contribution is 7.09. The number of nitrogens with two attached hydrogens (primary N) is 1. The summed E-state index contributed by atoms with van der Waals surface area (Å²) < 4.78 is 0. The van der Waals surface area contributed by atoms with Crippen LogP contribution in [0.25, 0.3) is 22.2 Å². The number of nitrogens with zero attached hydrogens (tertiary/aromatic N) is 2. The molecule has 0 fully saturated rings. The Morgan fingerprint density at radius 2 is 2.03 bits per heavy atom. The number of thiazole rings is 1. The standard InChI is InChI=1S/C22H21N5O2S/c1-13-26-18(12-30-13)17-11-15-8-10-25-22(29)19(15)21(27-17)24-9-4-6-14-5-2-3-7-16(14)20(23)28/h2-3,5,7-8,10-12H,4,6,9H2,1H3,(H2,23,28)(H,24,27)(H,25,29). The van der Waals surface area contributed by atoms with Crippen LogP contribution in [0.4, 0.5) is 5.82 Å². The van der Waals surface area contributed by atoms with Crippen molar-refractivity contribution in [1.29, 1.82) is 0 Å². The molecule has 0 unspecified atom stereocenters. The number of hydrogen-bond acceptors (Lipinski definition) is 6. The number of carbonyl (C=O) groups excluding carboxylic acids is 1. The van der Waals surface area contributed by atoms with Gasteiger partial charge in [0.15, 0.2) is 0 Å². The van der Waals surface area contributed by atoms with E-state index in [-0.39, 0.29) is 5.56 Å². The number of fused-ring (bicyclic) bond motifs is 1. The molecule has 4 rings (SSSR count). The van der Waals surface area contributed by atoms with E-state index in [1.807, 2.05) is 36.6 Å². The van der Waals surface area contributed by atoms with Crippen molar-refractivity contribution in [2.45, 2.75) is 19.8 Å². The van der Waals surface area contributed by atoms with E-state index in [0.29, 0.717) is 29.7 Å². The first-order chi connectivity index (χ1) is 14.5. The van der Waals surface area contributed by atoms with Gasteiger partial charge in [0.25, 0.3) is 5.56 Å². The number of anilines is 1. The van der Waals surface area contributed by atoms with Gasteiger partial charge in [0.2, 0.25) is 5.91 Å². The van der Waals surface area contributed by atoms with Gasteiger partial charge in [0.05, 0.1) is 21.8 Å². The summed E-state index contributed by atoms with van der Waals surface area (Å²) in [5.74, 6) is 0.0993. The molecule has 1 amide bonds. The van der Waals surface area contributed by atoms with Crippen molar-refractivity contribution < 1.29 is 4.79 Å². The van der Waals surface area contributed by atoms with Crippen LogP contribution >= 0.6 is 11.3 Å². The summed E-state index contributed by atoms with van der Waals surface area (Å²) in [6.07, 6.45) is 3.06. The van der Waals surface area contributed by atoms with Crippen LogP contribution in [0.5, 0.6) is 0 Å².